The second kappa shape index (κ2) is 32.1. The van der Waals surface area contributed by atoms with E-state index in [1.807, 2.05) is 112 Å². The van der Waals surface area contributed by atoms with Crippen molar-refractivity contribution >= 4 is 11.9 Å². The number of hydrogen-bond donors (Lipinski definition) is 6. The molecule has 0 radical (unpaired) electrons. The molecule has 0 bridgehead atoms. The third kappa shape index (κ3) is 23.9. The summed E-state index contributed by atoms with van der Waals surface area (Å²) >= 11 is 0. The van der Waals surface area contributed by atoms with E-state index in [1.165, 1.54) is 7.11 Å². The minimum Gasteiger partial charge on any atom is -0.469 e. The van der Waals surface area contributed by atoms with Crippen molar-refractivity contribution in [1.82, 2.24) is 0 Å². The highest BCUT2D eigenvalue weighted by Crippen LogP contribution is 2.28. The minimum atomic E-state index is -1.25. The Hall–Kier alpha value is -3.68. The Balaban J connectivity index is 2.96. The summed E-state index contributed by atoms with van der Waals surface area (Å²) in [4.78, 5) is 24.5. The summed E-state index contributed by atoms with van der Waals surface area (Å²) in [7, 11) is 3.02. The molecular formula is C50H78O11. The molecule has 0 aliphatic carbocycles. The van der Waals surface area contributed by atoms with Gasteiger partial charge in [-0.2, -0.15) is 0 Å². The lowest BCUT2D eigenvalue weighted by Crippen LogP contribution is -2.42. The molecule has 0 aromatic heterocycles. The summed E-state index contributed by atoms with van der Waals surface area (Å²) in [5, 5.41) is 65.7. The number of allylic oxidation sites excluding steroid dienone is 14. The van der Waals surface area contributed by atoms with Crippen LogP contribution in [0.2, 0.25) is 0 Å². The predicted octanol–water partition coefficient (Wildman–Crippen LogP) is 7.50. The van der Waals surface area contributed by atoms with Gasteiger partial charge in [0.15, 0.2) is 0 Å². The normalized spacial score (nSPS) is 30.6. The van der Waals surface area contributed by atoms with E-state index < -0.39 is 72.9 Å². The number of carbonyl (C=O) groups excluding carboxylic acids is 2. The van der Waals surface area contributed by atoms with Crippen LogP contribution in [0.15, 0.2) is 108 Å². The van der Waals surface area contributed by atoms with Crippen LogP contribution in [0.3, 0.4) is 0 Å². The fourth-order valence-corrected chi connectivity index (χ4v) is 6.91. The summed E-state index contributed by atoms with van der Waals surface area (Å²) in [6, 6.07) is 0. The summed E-state index contributed by atoms with van der Waals surface area (Å²) in [6.07, 6.45) is 27.5. The molecule has 11 nitrogen and oxygen atoms in total. The molecule has 1 rings (SSSR count). The summed E-state index contributed by atoms with van der Waals surface area (Å²) in [6.45, 7) is 10.7. The van der Waals surface area contributed by atoms with Crippen molar-refractivity contribution in [2.24, 2.45) is 23.7 Å². The van der Waals surface area contributed by atoms with Gasteiger partial charge in [-0.25, -0.2) is 0 Å². The van der Waals surface area contributed by atoms with Gasteiger partial charge in [0.25, 0.3) is 0 Å². The van der Waals surface area contributed by atoms with Gasteiger partial charge in [-0.05, 0) is 70.3 Å². The van der Waals surface area contributed by atoms with Crippen LogP contribution in [0, 0.1) is 23.7 Å². The molecular weight excluding hydrogens is 777 g/mol. The summed E-state index contributed by atoms with van der Waals surface area (Å²) in [5.41, 5.74) is 1.59. The Morgan fingerprint density at radius 3 is 2.13 bits per heavy atom. The van der Waals surface area contributed by atoms with E-state index in [0.717, 1.165) is 17.6 Å². The molecule has 1 aliphatic rings. The Morgan fingerprint density at radius 1 is 0.869 bits per heavy atom. The monoisotopic (exact) mass is 855 g/mol. The molecule has 1 heterocycles. The maximum absolute atomic E-state index is 13.3. The molecule has 0 unspecified atom stereocenters. The first kappa shape index (κ1) is 55.3. The smallest absolute Gasteiger partial charge is 0.308 e. The van der Waals surface area contributed by atoms with Gasteiger partial charge in [0.2, 0.25) is 0 Å². The zero-order chi connectivity index (χ0) is 45.7. The first-order valence-corrected chi connectivity index (χ1v) is 21.9. The number of methoxy groups -OCH3 is 2. The van der Waals surface area contributed by atoms with E-state index >= 15 is 0 Å². The van der Waals surface area contributed by atoms with E-state index in [0.29, 0.717) is 38.5 Å². The quantitative estimate of drug-likeness (QED) is 0.0545. The van der Waals surface area contributed by atoms with E-state index in [1.54, 1.807) is 34.0 Å². The van der Waals surface area contributed by atoms with Crippen molar-refractivity contribution in [3.8, 4) is 0 Å². The van der Waals surface area contributed by atoms with Crippen molar-refractivity contribution in [2.45, 2.75) is 155 Å². The average molecular weight is 855 g/mol. The third-order valence-electron chi connectivity index (χ3n) is 11.4. The number of aliphatic hydroxyl groups excluding tert-OH is 6. The fraction of sp³-hybridized carbons (Fsp3) is 0.600. The molecule has 61 heavy (non-hydrogen) atoms. The van der Waals surface area contributed by atoms with Crippen LogP contribution in [0.4, 0.5) is 0 Å². The highest BCUT2D eigenvalue weighted by Gasteiger charge is 2.35. The summed E-state index contributed by atoms with van der Waals surface area (Å²) < 4.78 is 16.2. The number of cyclic esters (lactones) is 1. The lowest BCUT2D eigenvalue weighted by Gasteiger charge is -2.33. The zero-order valence-corrected chi connectivity index (χ0v) is 38.0. The van der Waals surface area contributed by atoms with Gasteiger partial charge in [-0.1, -0.05) is 130 Å². The number of ether oxygens (including phenoxy) is 3. The highest BCUT2D eigenvalue weighted by atomic mass is 16.5. The highest BCUT2D eigenvalue weighted by molar-refractivity contribution is 5.70. The molecule has 0 aromatic rings. The van der Waals surface area contributed by atoms with Crippen molar-refractivity contribution in [2.75, 3.05) is 14.2 Å². The Kier molecular flexibility index (Phi) is 29.1. The maximum atomic E-state index is 13.3. The SMILES string of the molecule is COC(=O)CC/C=C(\C)[C@@H](O)C/C=C/C=C/C=C/C=C/C=C/C(C)=C/[C@@H](O)[C@@H](C)[C@@H]1C[C@H](O)CCC[C@H](OC)C/C=C\C=C\C[C@H](C)[C@@H](O)[C@H](C)[C@@H](O)[C@H](C)[C@H](O)CC(=O)O1. The van der Waals surface area contributed by atoms with Crippen molar-refractivity contribution in [3.63, 3.8) is 0 Å². The van der Waals surface area contributed by atoms with E-state index in [4.69, 9.17) is 9.47 Å². The Morgan fingerprint density at radius 2 is 1.49 bits per heavy atom. The number of hydrogen-bond acceptors (Lipinski definition) is 11. The van der Waals surface area contributed by atoms with Crippen LogP contribution in [0.5, 0.6) is 0 Å². The third-order valence-corrected chi connectivity index (χ3v) is 11.4. The summed E-state index contributed by atoms with van der Waals surface area (Å²) in [5.74, 6) is -3.04. The molecule has 0 saturated heterocycles. The van der Waals surface area contributed by atoms with Gasteiger partial charge in [-0.3, -0.25) is 9.59 Å². The number of aliphatic hydroxyl groups is 6. The Bertz CT molecular complexity index is 1520. The van der Waals surface area contributed by atoms with Gasteiger partial charge >= 0.3 is 11.9 Å². The molecule has 0 amide bonds. The zero-order valence-electron chi connectivity index (χ0n) is 38.0. The molecule has 0 aromatic carbocycles. The lowest BCUT2D eigenvalue weighted by atomic mass is 9.81. The molecule has 0 saturated carbocycles. The van der Waals surface area contributed by atoms with Gasteiger partial charge in [-0.15, -0.1) is 0 Å². The number of carbonyl (C=O) groups is 2. The second-order valence-corrected chi connectivity index (χ2v) is 16.5. The second-order valence-electron chi connectivity index (χ2n) is 16.5. The van der Waals surface area contributed by atoms with Crippen molar-refractivity contribution in [3.05, 3.63) is 108 Å². The van der Waals surface area contributed by atoms with Crippen molar-refractivity contribution in [1.29, 1.82) is 0 Å². The average Bonchev–Trinajstić information content (AvgIpc) is 3.23. The molecule has 0 spiro atoms. The van der Waals surface area contributed by atoms with E-state index in [9.17, 15) is 40.2 Å². The van der Waals surface area contributed by atoms with Gasteiger partial charge in [0.05, 0.1) is 56.3 Å². The molecule has 0 fully saturated rings. The van der Waals surface area contributed by atoms with Gasteiger partial charge in [0, 0.05) is 37.7 Å². The first-order valence-electron chi connectivity index (χ1n) is 21.9. The van der Waals surface area contributed by atoms with Crippen LogP contribution >= 0.6 is 0 Å². The topological polar surface area (TPSA) is 183 Å². The molecule has 344 valence electrons. The minimum absolute atomic E-state index is 0.0367. The maximum Gasteiger partial charge on any atom is 0.308 e. The van der Waals surface area contributed by atoms with E-state index in [2.05, 4.69) is 4.74 Å². The number of rotatable bonds is 15. The van der Waals surface area contributed by atoms with Crippen LogP contribution < -0.4 is 0 Å². The standard InChI is InChI=1S/C50H78O11/c1-35(24-18-14-12-10-9-11-13-15-21-30-43(52)36(2)26-22-31-47(55)60-8)32-44(53)38(4)46-33-41(51)27-23-29-42(59-7)28-20-17-16-19-25-37(3)49(57)40(6)50(58)39(5)45(54)34-48(56)61-46/h9-21,24,26,32,37-46,49-54,57-58H,22-23,25,27-31,33-34H2,1-8H3/b10-9+,13-11+,14-12+,19-16+,20-17-,21-15+,24-18+,35-32+,36-26+/t37-,38+,39+,40-,41+,42+,43-,44+,45+,46-,49+,50-/m0/s1. The van der Waals surface area contributed by atoms with E-state index in [-0.39, 0.29) is 30.8 Å². The van der Waals surface area contributed by atoms with Gasteiger partial charge < -0.3 is 44.8 Å². The largest absolute Gasteiger partial charge is 0.469 e. The van der Waals surface area contributed by atoms with Gasteiger partial charge in [0.1, 0.15) is 6.10 Å². The van der Waals surface area contributed by atoms with Crippen molar-refractivity contribution < 1.29 is 54.4 Å². The molecule has 11 heteroatoms. The first-order chi connectivity index (χ1) is 29.0. The molecule has 1 aliphatic heterocycles. The predicted molar refractivity (Wildman–Crippen MR) is 243 cm³/mol. The number of esters is 2. The van der Waals surface area contributed by atoms with Crippen LogP contribution in [0.1, 0.15) is 106 Å². The van der Waals surface area contributed by atoms with Crippen LogP contribution in [0.25, 0.3) is 0 Å². The lowest BCUT2D eigenvalue weighted by molar-refractivity contribution is -0.159. The fourth-order valence-electron chi connectivity index (χ4n) is 6.91. The Labute approximate surface area is 366 Å². The molecule has 6 N–H and O–H groups in total. The molecule has 12 atom stereocenters. The van der Waals surface area contributed by atoms with Crippen LogP contribution in [-0.4, -0.2) is 106 Å². The van der Waals surface area contributed by atoms with Crippen LogP contribution in [-0.2, 0) is 23.8 Å².